The van der Waals surface area contributed by atoms with E-state index in [-0.39, 0.29) is 5.97 Å². The minimum Gasteiger partial charge on any atom is -0.492 e. The van der Waals surface area contributed by atoms with Crippen LogP contribution in [0.1, 0.15) is 27.0 Å². The zero-order chi connectivity index (χ0) is 17.5. The van der Waals surface area contributed by atoms with Gasteiger partial charge in [-0.05, 0) is 61.9 Å². The lowest BCUT2D eigenvalue weighted by Gasteiger charge is -2.17. The molecule has 2 rings (SSSR count). The van der Waals surface area contributed by atoms with Gasteiger partial charge in [-0.2, -0.15) is 0 Å². The van der Waals surface area contributed by atoms with Crippen LogP contribution < -0.4 is 4.74 Å². The van der Waals surface area contributed by atoms with E-state index in [1.807, 2.05) is 12.1 Å². The predicted molar refractivity (Wildman–Crippen MR) is 95.5 cm³/mol. The van der Waals surface area contributed by atoms with E-state index < -0.39 is 0 Å². The van der Waals surface area contributed by atoms with Gasteiger partial charge in [0.15, 0.2) is 0 Å². The van der Waals surface area contributed by atoms with Crippen molar-refractivity contribution < 1.29 is 14.3 Å². The molecule has 0 bridgehead atoms. The highest BCUT2D eigenvalue weighted by Gasteiger charge is 2.06. The van der Waals surface area contributed by atoms with Crippen LogP contribution in [0.5, 0.6) is 5.75 Å². The Morgan fingerprint density at radius 1 is 1.04 bits per heavy atom. The Hall–Kier alpha value is -2.33. The van der Waals surface area contributed by atoms with Gasteiger partial charge in [0.1, 0.15) is 12.4 Å². The Balaban J connectivity index is 1.80. The van der Waals surface area contributed by atoms with Crippen molar-refractivity contribution in [1.82, 2.24) is 4.90 Å². The van der Waals surface area contributed by atoms with E-state index in [1.165, 1.54) is 18.2 Å². The van der Waals surface area contributed by atoms with E-state index in [4.69, 9.17) is 9.47 Å². The smallest absolute Gasteiger partial charge is 0.337 e. The van der Waals surface area contributed by atoms with E-state index in [0.29, 0.717) is 12.2 Å². The molecular formula is C20H25NO3. The normalized spacial score (nSPS) is 10.7. The van der Waals surface area contributed by atoms with Gasteiger partial charge in [-0.15, -0.1) is 0 Å². The summed E-state index contributed by atoms with van der Waals surface area (Å²) in [7, 11) is 3.44. The molecule has 0 fully saturated rings. The Labute approximate surface area is 144 Å². The van der Waals surface area contributed by atoms with Crippen LogP contribution in [-0.2, 0) is 11.3 Å². The molecule has 128 valence electrons. The van der Waals surface area contributed by atoms with Crippen molar-refractivity contribution in [3.05, 3.63) is 64.7 Å². The Morgan fingerprint density at radius 3 is 2.25 bits per heavy atom. The third kappa shape index (κ3) is 5.39. The van der Waals surface area contributed by atoms with Gasteiger partial charge < -0.3 is 9.47 Å². The van der Waals surface area contributed by atoms with Crippen LogP contribution in [0, 0.1) is 13.8 Å². The molecule has 0 aliphatic rings. The summed E-state index contributed by atoms with van der Waals surface area (Å²) in [6.07, 6.45) is 0. The summed E-state index contributed by atoms with van der Waals surface area (Å²) in [4.78, 5) is 13.6. The fraction of sp³-hybridized carbons (Fsp3) is 0.350. The summed E-state index contributed by atoms with van der Waals surface area (Å²) in [5, 5.41) is 0. The van der Waals surface area contributed by atoms with Crippen molar-refractivity contribution in [3.63, 3.8) is 0 Å². The van der Waals surface area contributed by atoms with Gasteiger partial charge >= 0.3 is 5.97 Å². The van der Waals surface area contributed by atoms with Gasteiger partial charge in [0.05, 0.1) is 12.7 Å². The van der Waals surface area contributed by atoms with Crippen molar-refractivity contribution in [1.29, 1.82) is 0 Å². The number of hydrogen-bond donors (Lipinski definition) is 0. The highest BCUT2D eigenvalue weighted by atomic mass is 16.5. The van der Waals surface area contributed by atoms with Crippen molar-refractivity contribution in [3.8, 4) is 5.75 Å². The Kier molecular flexibility index (Phi) is 6.38. The average molecular weight is 327 g/mol. The number of hydrogen-bond acceptors (Lipinski definition) is 4. The molecule has 0 atom stereocenters. The number of likely N-dealkylation sites (N-methyl/N-ethyl adjacent to an activating group) is 1. The minimum atomic E-state index is -0.309. The number of benzene rings is 2. The average Bonchev–Trinajstić information content (AvgIpc) is 2.54. The number of carbonyl (C=O) groups is 1. The molecule has 0 heterocycles. The van der Waals surface area contributed by atoms with Gasteiger partial charge in [-0.3, -0.25) is 4.90 Å². The largest absolute Gasteiger partial charge is 0.492 e. The van der Waals surface area contributed by atoms with Gasteiger partial charge in [-0.25, -0.2) is 4.79 Å². The molecular weight excluding hydrogens is 302 g/mol. The molecule has 2 aromatic carbocycles. The number of rotatable bonds is 7. The molecule has 0 spiro atoms. The second-order valence-electron chi connectivity index (χ2n) is 6.10. The molecule has 0 saturated heterocycles. The van der Waals surface area contributed by atoms with Crippen molar-refractivity contribution in [2.24, 2.45) is 0 Å². The number of esters is 1. The van der Waals surface area contributed by atoms with Crippen LogP contribution in [0.2, 0.25) is 0 Å². The standard InChI is InChI=1S/C20H25NO3/c1-15-11-16(2)13-19(12-15)24-10-9-21(3)14-17-5-7-18(8-6-17)20(22)23-4/h5-8,11-13H,9-10,14H2,1-4H3. The van der Waals surface area contributed by atoms with Crippen LogP contribution in [0.4, 0.5) is 0 Å². The molecule has 0 aliphatic heterocycles. The molecule has 0 aliphatic carbocycles. The second kappa shape index (κ2) is 8.50. The highest BCUT2D eigenvalue weighted by molar-refractivity contribution is 5.89. The van der Waals surface area contributed by atoms with Gasteiger partial charge in [0, 0.05) is 13.1 Å². The first-order valence-electron chi connectivity index (χ1n) is 8.05. The lowest BCUT2D eigenvalue weighted by molar-refractivity contribution is 0.0600. The van der Waals surface area contributed by atoms with Crippen molar-refractivity contribution >= 4 is 5.97 Å². The number of nitrogens with zero attached hydrogens (tertiary/aromatic N) is 1. The van der Waals surface area contributed by atoms with Gasteiger partial charge in [0.2, 0.25) is 0 Å². The van der Waals surface area contributed by atoms with Crippen LogP contribution in [0.3, 0.4) is 0 Å². The summed E-state index contributed by atoms with van der Waals surface area (Å²) in [5.74, 6) is 0.611. The summed E-state index contributed by atoms with van der Waals surface area (Å²) in [6.45, 7) is 6.41. The first-order chi connectivity index (χ1) is 11.5. The van der Waals surface area contributed by atoms with Crippen LogP contribution in [0.15, 0.2) is 42.5 Å². The molecule has 0 N–H and O–H groups in total. The van der Waals surface area contributed by atoms with E-state index in [2.05, 4.69) is 44.0 Å². The fourth-order valence-corrected chi connectivity index (χ4v) is 2.59. The van der Waals surface area contributed by atoms with E-state index >= 15 is 0 Å². The SMILES string of the molecule is COC(=O)c1ccc(CN(C)CCOc2cc(C)cc(C)c2)cc1. The third-order valence-electron chi connectivity index (χ3n) is 3.76. The maximum Gasteiger partial charge on any atom is 0.337 e. The van der Waals surface area contributed by atoms with Crippen molar-refractivity contribution in [2.45, 2.75) is 20.4 Å². The van der Waals surface area contributed by atoms with Crippen LogP contribution in [0.25, 0.3) is 0 Å². The molecule has 0 aromatic heterocycles. The van der Waals surface area contributed by atoms with Gasteiger partial charge in [0.25, 0.3) is 0 Å². The topological polar surface area (TPSA) is 38.8 Å². The molecule has 0 radical (unpaired) electrons. The maximum atomic E-state index is 11.4. The number of carbonyl (C=O) groups excluding carboxylic acids is 1. The fourth-order valence-electron chi connectivity index (χ4n) is 2.59. The Bertz CT molecular complexity index is 660. The molecule has 4 heteroatoms. The summed E-state index contributed by atoms with van der Waals surface area (Å²) in [6, 6.07) is 13.7. The van der Waals surface area contributed by atoms with Gasteiger partial charge in [-0.1, -0.05) is 18.2 Å². The Morgan fingerprint density at radius 2 is 1.67 bits per heavy atom. The zero-order valence-electron chi connectivity index (χ0n) is 14.8. The summed E-state index contributed by atoms with van der Waals surface area (Å²) < 4.78 is 10.5. The van der Waals surface area contributed by atoms with E-state index in [0.717, 1.165) is 24.4 Å². The lowest BCUT2D eigenvalue weighted by atomic mass is 10.1. The summed E-state index contributed by atoms with van der Waals surface area (Å²) in [5.41, 5.74) is 4.15. The predicted octanol–water partition coefficient (Wildman–Crippen LogP) is 3.60. The molecule has 4 nitrogen and oxygen atoms in total. The minimum absolute atomic E-state index is 0.309. The molecule has 2 aromatic rings. The zero-order valence-corrected chi connectivity index (χ0v) is 14.8. The van der Waals surface area contributed by atoms with Crippen LogP contribution >= 0.6 is 0 Å². The first kappa shape index (κ1) is 18.0. The third-order valence-corrected chi connectivity index (χ3v) is 3.76. The summed E-state index contributed by atoms with van der Waals surface area (Å²) >= 11 is 0. The molecule has 24 heavy (non-hydrogen) atoms. The highest BCUT2D eigenvalue weighted by Crippen LogP contribution is 2.16. The monoisotopic (exact) mass is 327 g/mol. The molecule has 0 unspecified atom stereocenters. The molecule has 0 saturated carbocycles. The van der Waals surface area contributed by atoms with Crippen LogP contribution in [-0.4, -0.2) is 38.2 Å². The molecule has 0 amide bonds. The first-order valence-corrected chi connectivity index (χ1v) is 8.05. The number of aryl methyl sites for hydroxylation is 2. The van der Waals surface area contributed by atoms with Crippen molar-refractivity contribution in [2.75, 3.05) is 27.3 Å². The number of methoxy groups -OCH3 is 1. The maximum absolute atomic E-state index is 11.4. The quantitative estimate of drug-likeness (QED) is 0.728. The lowest BCUT2D eigenvalue weighted by Crippen LogP contribution is -2.23. The second-order valence-corrected chi connectivity index (χ2v) is 6.10. The number of ether oxygens (including phenoxy) is 2. The van der Waals surface area contributed by atoms with E-state index in [1.54, 1.807) is 12.1 Å². The van der Waals surface area contributed by atoms with E-state index in [9.17, 15) is 4.79 Å².